The monoisotopic (exact) mass is 274 g/mol. The van der Waals surface area contributed by atoms with E-state index < -0.39 is 5.82 Å². The van der Waals surface area contributed by atoms with Crippen LogP contribution in [0.15, 0.2) is 42.5 Å². The highest BCUT2D eigenvalue weighted by atomic mass is 19.1. The molecule has 4 heteroatoms. The maximum absolute atomic E-state index is 13.2. The summed E-state index contributed by atoms with van der Waals surface area (Å²) in [6, 6.07) is 11.2. The maximum Gasteiger partial charge on any atom is 0.163 e. The molecule has 104 valence electrons. The zero-order chi connectivity index (χ0) is 14.5. The molecule has 0 N–H and O–H groups in total. The van der Waals surface area contributed by atoms with Gasteiger partial charge in [-0.15, -0.1) is 0 Å². The van der Waals surface area contributed by atoms with Crippen molar-refractivity contribution in [2.75, 3.05) is 7.11 Å². The summed E-state index contributed by atoms with van der Waals surface area (Å²) in [6.07, 6.45) is 0. The van der Waals surface area contributed by atoms with E-state index in [4.69, 9.17) is 9.47 Å². The number of carbonyl (C=O) groups excluding carboxylic acids is 1. The summed E-state index contributed by atoms with van der Waals surface area (Å²) in [4.78, 5) is 11.5. The van der Waals surface area contributed by atoms with Crippen LogP contribution in [0.2, 0.25) is 0 Å². The Balaban J connectivity index is 2.13. The number of hydrogen-bond acceptors (Lipinski definition) is 3. The summed E-state index contributed by atoms with van der Waals surface area (Å²) in [5, 5.41) is 0. The highest BCUT2D eigenvalue weighted by Gasteiger charge is 2.10. The van der Waals surface area contributed by atoms with Crippen molar-refractivity contribution >= 4 is 5.78 Å². The Hall–Kier alpha value is -2.36. The van der Waals surface area contributed by atoms with E-state index in [1.54, 1.807) is 7.11 Å². The molecule has 0 aromatic heterocycles. The lowest BCUT2D eigenvalue weighted by atomic mass is 10.1. The van der Waals surface area contributed by atoms with Gasteiger partial charge in [0.25, 0.3) is 0 Å². The van der Waals surface area contributed by atoms with Crippen molar-refractivity contribution in [2.45, 2.75) is 13.5 Å². The van der Waals surface area contributed by atoms with E-state index >= 15 is 0 Å². The van der Waals surface area contributed by atoms with Gasteiger partial charge >= 0.3 is 0 Å². The lowest BCUT2D eigenvalue weighted by Crippen LogP contribution is -2.02. The van der Waals surface area contributed by atoms with Crippen LogP contribution in [-0.2, 0) is 6.61 Å². The summed E-state index contributed by atoms with van der Waals surface area (Å²) in [5.41, 5.74) is 1.28. The molecule has 0 bridgehead atoms. The second kappa shape index (κ2) is 6.19. The van der Waals surface area contributed by atoms with Crippen LogP contribution >= 0.6 is 0 Å². The van der Waals surface area contributed by atoms with E-state index in [-0.39, 0.29) is 18.1 Å². The third-order valence-electron chi connectivity index (χ3n) is 2.88. The molecular formula is C16H15FO3. The van der Waals surface area contributed by atoms with Crippen LogP contribution in [0.25, 0.3) is 0 Å². The first-order valence-corrected chi connectivity index (χ1v) is 6.16. The van der Waals surface area contributed by atoms with E-state index in [9.17, 15) is 9.18 Å². The average molecular weight is 274 g/mol. The molecule has 0 aliphatic heterocycles. The van der Waals surface area contributed by atoms with Crippen LogP contribution in [0.4, 0.5) is 4.39 Å². The van der Waals surface area contributed by atoms with Gasteiger partial charge in [-0.25, -0.2) is 4.39 Å². The molecule has 0 atom stereocenters. The average Bonchev–Trinajstić information content (AvgIpc) is 2.45. The number of methoxy groups -OCH3 is 1. The second-order valence-corrected chi connectivity index (χ2v) is 4.33. The number of hydrogen-bond donors (Lipinski definition) is 0. The predicted molar refractivity (Wildman–Crippen MR) is 73.7 cm³/mol. The van der Waals surface area contributed by atoms with E-state index in [2.05, 4.69) is 0 Å². The fourth-order valence-corrected chi connectivity index (χ4v) is 1.79. The number of benzene rings is 2. The predicted octanol–water partition coefficient (Wildman–Crippen LogP) is 3.62. The van der Waals surface area contributed by atoms with Gasteiger partial charge in [0.2, 0.25) is 0 Å². The topological polar surface area (TPSA) is 35.5 Å². The van der Waals surface area contributed by atoms with Crippen LogP contribution in [0.1, 0.15) is 22.8 Å². The Morgan fingerprint density at radius 1 is 1.15 bits per heavy atom. The number of ketones is 1. The zero-order valence-electron chi connectivity index (χ0n) is 11.4. The molecule has 0 aliphatic carbocycles. The van der Waals surface area contributed by atoms with Gasteiger partial charge in [-0.3, -0.25) is 4.79 Å². The third-order valence-corrected chi connectivity index (χ3v) is 2.88. The summed E-state index contributed by atoms with van der Waals surface area (Å²) in [6.45, 7) is 1.68. The summed E-state index contributed by atoms with van der Waals surface area (Å²) in [5.74, 6) is 0.423. The molecule has 20 heavy (non-hydrogen) atoms. The van der Waals surface area contributed by atoms with Gasteiger partial charge in [0, 0.05) is 6.07 Å². The minimum Gasteiger partial charge on any atom is -0.497 e. The number of carbonyl (C=O) groups is 1. The third kappa shape index (κ3) is 3.35. The van der Waals surface area contributed by atoms with Gasteiger partial charge in [-0.1, -0.05) is 12.1 Å². The minimum absolute atomic E-state index is 0.158. The van der Waals surface area contributed by atoms with Crippen molar-refractivity contribution in [1.82, 2.24) is 0 Å². The van der Waals surface area contributed by atoms with E-state index in [1.807, 2.05) is 24.3 Å². The van der Waals surface area contributed by atoms with Crippen molar-refractivity contribution in [3.8, 4) is 11.5 Å². The molecule has 0 saturated heterocycles. The first kappa shape index (κ1) is 14.1. The molecule has 0 amide bonds. The molecule has 0 aliphatic rings. The van der Waals surface area contributed by atoms with Crippen molar-refractivity contribution in [2.24, 2.45) is 0 Å². The first-order valence-electron chi connectivity index (χ1n) is 6.16. The van der Waals surface area contributed by atoms with Crippen molar-refractivity contribution in [3.63, 3.8) is 0 Å². The van der Waals surface area contributed by atoms with Crippen molar-refractivity contribution < 1.29 is 18.7 Å². The van der Waals surface area contributed by atoms with Crippen molar-refractivity contribution in [1.29, 1.82) is 0 Å². The number of ether oxygens (including phenoxy) is 2. The van der Waals surface area contributed by atoms with Gasteiger partial charge in [0.05, 0.1) is 12.7 Å². The molecule has 0 spiro atoms. The molecule has 0 heterocycles. The Bertz CT molecular complexity index is 606. The molecule has 0 fully saturated rings. The highest BCUT2D eigenvalue weighted by molar-refractivity contribution is 5.96. The van der Waals surface area contributed by atoms with Gasteiger partial charge < -0.3 is 9.47 Å². The van der Waals surface area contributed by atoms with Crippen LogP contribution in [-0.4, -0.2) is 12.9 Å². The summed E-state index contributed by atoms with van der Waals surface area (Å²) < 4.78 is 23.8. The Kier molecular flexibility index (Phi) is 4.35. The molecule has 0 unspecified atom stereocenters. The second-order valence-electron chi connectivity index (χ2n) is 4.33. The largest absolute Gasteiger partial charge is 0.497 e. The number of rotatable bonds is 5. The van der Waals surface area contributed by atoms with E-state index in [1.165, 1.54) is 25.1 Å². The Labute approximate surface area is 117 Å². The summed E-state index contributed by atoms with van der Waals surface area (Å²) in [7, 11) is 1.59. The molecule has 2 aromatic carbocycles. The smallest absolute Gasteiger partial charge is 0.163 e. The van der Waals surface area contributed by atoms with Crippen LogP contribution in [0.3, 0.4) is 0 Å². The summed E-state index contributed by atoms with van der Waals surface area (Å²) >= 11 is 0. The van der Waals surface area contributed by atoms with Gasteiger partial charge in [0.15, 0.2) is 5.78 Å². The lowest BCUT2D eigenvalue weighted by molar-refractivity contribution is 0.101. The molecule has 3 nitrogen and oxygen atoms in total. The molecular weight excluding hydrogens is 259 g/mol. The van der Waals surface area contributed by atoms with E-state index in [0.717, 1.165) is 11.3 Å². The van der Waals surface area contributed by atoms with Crippen LogP contribution in [0.5, 0.6) is 11.5 Å². The zero-order valence-corrected chi connectivity index (χ0v) is 11.4. The molecule has 0 radical (unpaired) electrons. The molecule has 2 aromatic rings. The highest BCUT2D eigenvalue weighted by Crippen LogP contribution is 2.22. The first-order chi connectivity index (χ1) is 9.60. The fraction of sp³-hybridized carbons (Fsp3) is 0.188. The van der Waals surface area contributed by atoms with E-state index in [0.29, 0.717) is 5.56 Å². The van der Waals surface area contributed by atoms with Crippen LogP contribution in [0, 0.1) is 5.82 Å². The van der Waals surface area contributed by atoms with Crippen molar-refractivity contribution in [3.05, 3.63) is 59.4 Å². The maximum atomic E-state index is 13.2. The van der Waals surface area contributed by atoms with Gasteiger partial charge in [-0.05, 0) is 36.8 Å². The normalized spacial score (nSPS) is 10.2. The molecule has 0 saturated carbocycles. The Morgan fingerprint density at radius 2 is 1.85 bits per heavy atom. The number of halogens is 1. The SMILES string of the molecule is COc1ccc(COc2cc(F)ccc2C(C)=O)cc1. The standard InChI is InChI=1S/C16H15FO3/c1-11(18)15-8-5-13(17)9-16(15)20-10-12-3-6-14(19-2)7-4-12/h3-9H,10H2,1-2H3. The minimum atomic E-state index is -0.431. The quantitative estimate of drug-likeness (QED) is 0.781. The van der Waals surface area contributed by atoms with Gasteiger partial charge in [-0.2, -0.15) is 0 Å². The lowest BCUT2D eigenvalue weighted by Gasteiger charge is -2.10. The van der Waals surface area contributed by atoms with Crippen LogP contribution < -0.4 is 9.47 Å². The number of Topliss-reactive ketones (excluding diaryl/α,β-unsaturated/α-hetero) is 1. The molecule has 2 rings (SSSR count). The van der Waals surface area contributed by atoms with Gasteiger partial charge in [0.1, 0.15) is 23.9 Å². The Morgan fingerprint density at radius 3 is 2.45 bits per heavy atom. The fourth-order valence-electron chi connectivity index (χ4n) is 1.79.